The van der Waals surface area contributed by atoms with Gasteiger partial charge in [0.05, 0.1) is 31.4 Å². The van der Waals surface area contributed by atoms with Gasteiger partial charge >= 0.3 is 0 Å². The van der Waals surface area contributed by atoms with E-state index < -0.39 is 22.5 Å². The van der Waals surface area contributed by atoms with Crippen LogP contribution in [0.25, 0.3) is 0 Å². The van der Waals surface area contributed by atoms with E-state index in [1.54, 1.807) is 24.3 Å². The molecule has 3 rings (SSSR count). The lowest BCUT2D eigenvalue weighted by Crippen LogP contribution is -2.42. The van der Waals surface area contributed by atoms with E-state index in [0.717, 1.165) is 9.99 Å². The van der Waals surface area contributed by atoms with Crippen LogP contribution in [0.15, 0.2) is 77.7 Å². The van der Waals surface area contributed by atoms with Gasteiger partial charge in [0.2, 0.25) is 5.91 Å². The Morgan fingerprint density at radius 1 is 0.892 bits per heavy atom. The molecule has 198 valence electrons. The van der Waals surface area contributed by atoms with Gasteiger partial charge in [-0.05, 0) is 55.5 Å². The highest BCUT2D eigenvalue weighted by Crippen LogP contribution is 2.32. The van der Waals surface area contributed by atoms with E-state index in [0.29, 0.717) is 36.9 Å². The number of methoxy groups -OCH3 is 2. The number of likely N-dealkylation sites (N-methyl/N-ethyl adjacent to an activating group) is 1. The molecule has 0 saturated carbocycles. The van der Waals surface area contributed by atoms with Crippen LogP contribution in [-0.4, -0.2) is 61.8 Å². The third-order valence-electron chi connectivity index (χ3n) is 5.63. The summed E-state index contributed by atoms with van der Waals surface area (Å²) < 4.78 is 44.5. The molecule has 0 aromatic heterocycles. The first kappa shape index (κ1) is 27.7. The van der Waals surface area contributed by atoms with Crippen molar-refractivity contribution in [1.29, 1.82) is 0 Å². The Balaban J connectivity index is 1.82. The van der Waals surface area contributed by atoms with Crippen LogP contribution >= 0.6 is 0 Å². The van der Waals surface area contributed by atoms with Crippen molar-refractivity contribution < 1.29 is 27.4 Å². The van der Waals surface area contributed by atoms with Crippen molar-refractivity contribution in [2.24, 2.45) is 0 Å². The van der Waals surface area contributed by atoms with Crippen LogP contribution in [0.3, 0.4) is 0 Å². The predicted molar refractivity (Wildman–Crippen MR) is 144 cm³/mol. The number of nitrogens with one attached hydrogen (secondary N) is 1. The van der Waals surface area contributed by atoms with E-state index in [4.69, 9.17) is 14.2 Å². The fraction of sp³-hybridized carbons (Fsp3) is 0.296. The summed E-state index contributed by atoms with van der Waals surface area (Å²) in [5.41, 5.74) is 1.35. The molecular formula is C27H33N3O6S. The van der Waals surface area contributed by atoms with Gasteiger partial charge in [-0.3, -0.25) is 9.10 Å². The van der Waals surface area contributed by atoms with Gasteiger partial charge in [0, 0.05) is 31.9 Å². The summed E-state index contributed by atoms with van der Waals surface area (Å²) >= 11 is 0. The molecule has 0 spiro atoms. The van der Waals surface area contributed by atoms with Crippen LogP contribution in [0.1, 0.15) is 6.92 Å². The Kier molecular flexibility index (Phi) is 9.62. The number of hydrogen-bond donors (Lipinski definition) is 1. The minimum Gasteiger partial charge on any atom is -0.494 e. The van der Waals surface area contributed by atoms with Crippen molar-refractivity contribution >= 4 is 27.3 Å². The Hall–Kier alpha value is -3.92. The molecule has 37 heavy (non-hydrogen) atoms. The molecule has 0 aliphatic heterocycles. The van der Waals surface area contributed by atoms with Gasteiger partial charge in [-0.15, -0.1) is 0 Å². The quantitative estimate of drug-likeness (QED) is 0.363. The largest absolute Gasteiger partial charge is 0.494 e. The smallest absolute Gasteiger partial charge is 0.264 e. The lowest BCUT2D eigenvalue weighted by atomic mass is 10.3. The first-order valence-electron chi connectivity index (χ1n) is 11.8. The maximum Gasteiger partial charge on any atom is 0.264 e. The fourth-order valence-corrected chi connectivity index (χ4v) is 5.09. The number of carbonyl (C=O) groups is 1. The fourth-order valence-electron chi connectivity index (χ4n) is 3.66. The summed E-state index contributed by atoms with van der Waals surface area (Å²) in [5, 5.41) is 2.82. The number of amides is 1. The summed E-state index contributed by atoms with van der Waals surface area (Å²) in [6.07, 6.45) is 0. The van der Waals surface area contributed by atoms with Crippen LogP contribution in [0, 0.1) is 0 Å². The number of nitrogens with zero attached hydrogens (tertiary/aromatic N) is 2. The number of anilines is 2. The highest BCUT2D eigenvalue weighted by atomic mass is 32.2. The maximum atomic E-state index is 13.7. The van der Waals surface area contributed by atoms with Crippen LogP contribution < -0.4 is 28.7 Å². The minimum atomic E-state index is -4.13. The lowest BCUT2D eigenvalue weighted by molar-refractivity contribution is -0.119. The van der Waals surface area contributed by atoms with Crippen molar-refractivity contribution in [3.63, 3.8) is 0 Å². The molecule has 0 unspecified atom stereocenters. The summed E-state index contributed by atoms with van der Waals surface area (Å²) in [5.74, 6) is 0.834. The van der Waals surface area contributed by atoms with E-state index in [1.165, 1.54) is 32.4 Å². The first-order valence-corrected chi connectivity index (χ1v) is 13.2. The molecule has 0 aliphatic carbocycles. The molecule has 9 nitrogen and oxygen atoms in total. The molecule has 10 heteroatoms. The van der Waals surface area contributed by atoms with Crippen LogP contribution in [-0.2, 0) is 14.8 Å². The molecule has 0 saturated heterocycles. The maximum absolute atomic E-state index is 13.7. The lowest BCUT2D eigenvalue weighted by Gasteiger charge is -2.25. The van der Waals surface area contributed by atoms with Crippen molar-refractivity contribution in [3.05, 3.63) is 72.8 Å². The second-order valence-corrected chi connectivity index (χ2v) is 9.92. The zero-order chi connectivity index (χ0) is 26.8. The van der Waals surface area contributed by atoms with Gasteiger partial charge in [-0.25, -0.2) is 8.42 Å². The molecular weight excluding hydrogens is 494 g/mol. The van der Waals surface area contributed by atoms with Crippen LogP contribution in [0.2, 0.25) is 0 Å². The molecule has 0 fully saturated rings. The zero-order valence-electron chi connectivity index (χ0n) is 21.5. The SMILES string of the molecule is CCOc1ccc(N(CC(=O)NCCN(C)c2ccccc2)S(=O)(=O)c2ccc(OC)c(OC)c2)cc1. The third kappa shape index (κ3) is 7.07. The monoisotopic (exact) mass is 527 g/mol. The van der Waals surface area contributed by atoms with E-state index in [2.05, 4.69) is 5.32 Å². The highest BCUT2D eigenvalue weighted by Gasteiger charge is 2.28. The topological polar surface area (TPSA) is 97.4 Å². The van der Waals surface area contributed by atoms with Crippen molar-refractivity contribution in [2.75, 3.05) is 56.7 Å². The number of hydrogen-bond acceptors (Lipinski definition) is 7. The summed E-state index contributed by atoms with van der Waals surface area (Å²) in [4.78, 5) is 14.9. The number of ether oxygens (including phenoxy) is 3. The third-order valence-corrected chi connectivity index (χ3v) is 7.40. The normalized spacial score (nSPS) is 10.9. The van der Waals surface area contributed by atoms with Gasteiger partial charge in [0.25, 0.3) is 10.0 Å². The Morgan fingerprint density at radius 3 is 2.19 bits per heavy atom. The number of sulfonamides is 1. The highest BCUT2D eigenvalue weighted by molar-refractivity contribution is 7.92. The van der Waals surface area contributed by atoms with Crippen LogP contribution in [0.5, 0.6) is 17.2 Å². The number of carbonyl (C=O) groups excluding carboxylic acids is 1. The molecule has 3 aromatic rings. The second-order valence-electron chi connectivity index (χ2n) is 8.06. The van der Waals surface area contributed by atoms with E-state index in [9.17, 15) is 13.2 Å². The van der Waals surface area contributed by atoms with Gasteiger partial charge in [-0.2, -0.15) is 0 Å². The molecule has 0 radical (unpaired) electrons. The Labute approximate surface area is 218 Å². The van der Waals surface area contributed by atoms with Gasteiger partial charge in [0.1, 0.15) is 12.3 Å². The molecule has 0 bridgehead atoms. The van der Waals surface area contributed by atoms with Crippen molar-refractivity contribution in [1.82, 2.24) is 5.32 Å². The van der Waals surface area contributed by atoms with Gasteiger partial charge < -0.3 is 24.4 Å². The van der Waals surface area contributed by atoms with Gasteiger partial charge in [0.15, 0.2) is 11.5 Å². The second kappa shape index (κ2) is 12.9. The number of rotatable bonds is 13. The summed E-state index contributed by atoms with van der Waals surface area (Å²) in [6.45, 7) is 2.84. The average Bonchev–Trinajstić information content (AvgIpc) is 2.92. The molecule has 1 N–H and O–H groups in total. The van der Waals surface area contributed by atoms with E-state index >= 15 is 0 Å². The predicted octanol–water partition coefficient (Wildman–Crippen LogP) is 3.55. The Morgan fingerprint density at radius 2 is 1.57 bits per heavy atom. The van der Waals surface area contributed by atoms with Crippen LogP contribution in [0.4, 0.5) is 11.4 Å². The van der Waals surface area contributed by atoms with E-state index in [-0.39, 0.29) is 10.6 Å². The van der Waals surface area contributed by atoms with Crippen molar-refractivity contribution in [3.8, 4) is 17.2 Å². The minimum absolute atomic E-state index is 0.0318. The summed E-state index contributed by atoms with van der Waals surface area (Å²) in [6, 6.07) is 20.7. The summed E-state index contributed by atoms with van der Waals surface area (Å²) in [7, 11) is 0.694. The molecule has 1 amide bonds. The van der Waals surface area contributed by atoms with Crippen molar-refractivity contribution in [2.45, 2.75) is 11.8 Å². The molecule has 0 atom stereocenters. The first-order chi connectivity index (χ1) is 17.8. The average molecular weight is 528 g/mol. The van der Waals surface area contributed by atoms with Gasteiger partial charge in [-0.1, -0.05) is 18.2 Å². The van der Waals surface area contributed by atoms with E-state index in [1.807, 2.05) is 49.2 Å². The molecule has 3 aromatic carbocycles. The number of benzene rings is 3. The molecule has 0 heterocycles. The zero-order valence-corrected chi connectivity index (χ0v) is 22.3. The standard InChI is InChI=1S/C27H33N3O6S/c1-5-36-23-13-11-22(12-14-23)30(37(32,33)24-15-16-25(34-3)26(19-24)35-4)20-27(31)28-17-18-29(2)21-9-7-6-8-10-21/h6-16,19H,5,17-18,20H2,1-4H3,(H,28,31). The number of para-hydroxylation sites is 1. The Bertz CT molecular complexity index is 1270. The molecule has 0 aliphatic rings.